The molecule has 2 aromatic heterocycles. The zero-order valence-corrected chi connectivity index (χ0v) is 15.9. The molecule has 154 valence electrons. The number of fused-ring (bicyclic) bond motifs is 2. The van der Waals surface area contributed by atoms with Gasteiger partial charge in [-0.3, -0.25) is 0 Å². The van der Waals surface area contributed by atoms with E-state index in [4.69, 9.17) is 9.47 Å². The third-order valence-corrected chi connectivity index (χ3v) is 4.68. The minimum absolute atomic E-state index is 0.0132. The Morgan fingerprint density at radius 3 is 2.65 bits per heavy atom. The number of hydrogen-bond donors (Lipinski definition) is 3. The molecule has 0 fully saturated rings. The van der Waals surface area contributed by atoms with E-state index in [2.05, 4.69) is 20.7 Å². The van der Waals surface area contributed by atoms with Crippen molar-refractivity contribution in [3.63, 3.8) is 0 Å². The topological polar surface area (TPSA) is 127 Å². The molecule has 1 aliphatic rings. The molecule has 0 radical (unpaired) electrons. The number of nitrogens with one attached hydrogen (secondary N) is 2. The lowest BCUT2D eigenvalue weighted by atomic mass is 10.1. The van der Waals surface area contributed by atoms with Crippen LogP contribution in [0.5, 0.6) is 11.5 Å². The predicted octanol–water partition coefficient (Wildman–Crippen LogP) is 3.47. The van der Waals surface area contributed by atoms with Crippen molar-refractivity contribution in [3.8, 4) is 22.8 Å². The number of hydrogen-bond acceptors (Lipinski definition) is 6. The van der Waals surface area contributed by atoms with Gasteiger partial charge in [-0.1, -0.05) is 12.1 Å². The van der Waals surface area contributed by atoms with Crippen LogP contribution in [0, 0.1) is 0 Å². The Balaban J connectivity index is 1.38. The SMILES string of the molecule is O=C(Nc1cccc(-c2ccnc3c(C(=O)O)cnn23)c1)Nc1ccc2c(c1)OCO2. The Bertz CT molecular complexity index is 1330. The zero-order chi connectivity index (χ0) is 21.4. The van der Waals surface area contributed by atoms with Crippen LogP contribution < -0.4 is 20.1 Å². The fourth-order valence-electron chi connectivity index (χ4n) is 3.28. The lowest BCUT2D eigenvalue weighted by molar-refractivity contribution is 0.0698. The van der Waals surface area contributed by atoms with Crippen LogP contribution >= 0.6 is 0 Å². The summed E-state index contributed by atoms with van der Waals surface area (Å²) in [6.07, 6.45) is 2.78. The first-order chi connectivity index (χ1) is 15.1. The number of carbonyl (C=O) groups excluding carboxylic acids is 1. The molecule has 0 aliphatic carbocycles. The molecule has 10 nitrogen and oxygen atoms in total. The molecule has 0 spiro atoms. The summed E-state index contributed by atoms with van der Waals surface area (Å²) in [5.74, 6) is 0.101. The van der Waals surface area contributed by atoms with Crippen molar-refractivity contribution < 1.29 is 24.2 Å². The first-order valence-electron chi connectivity index (χ1n) is 9.22. The molecule has 10 heteroatoms. The van der Waals surface area contributed by atoms with Gasteiger partial charge in [0.2, 0.25) is 6.79 Å². The van der Waals surface area contributed by atoms with E-state index in [1.807, 2.05) is 6.07 Å². The molecule has 3 heterocycles. The number of urea groups is 1. The Morgan fingerprint density at radius 1 is 1.00 bits per heavy atom. The number of carboxylic acid groups (broad SMARTS) is 1. The van der Waals surface area contributed by atoms with Gasteiger partial charge >= 0.3 is 12.0 Å². The molecule has 0 saturated heterocycles. The minimum atomic E-state index is -1.10. The normalized spacial score (nSPS) is 12.0. The van der Waals surface area contributed by atoms with Crippen molar-refractivity contribution >= 4 is 29.0 Å². The molecule has 2 aromatic carbocycles. The van der Waals surface area contributed by atoms with E-state index < -0.39 is 12.0 Å². The van der Waals surface area contributed by atoms with E-state index in [1.165, 1.54) is 16.9 Å². The van der Waals surface area contributed by atoms with E-state index in [0.29, 0.717) is 28.6 Å². The van der Waals surface area contributed by atoms with E-state index in [-0.39, 0.29) is 18.0 Å². The maximum atomic E-state index is 12.4. The number of carbonyl (C=O) groups is 2. The number of carboxylic acids is 1. The first kappa shape index (κ1) is 18.4. The van der Waals surface area contributed by atoms with Gasteiger partial charge in [-0.15, -0.1) is 0 Å². The fourth-order valence-corrected chi connectivity index (χ4v) is 3.28. The standard InChI is InChI=1S/C21H15N5O5/c27-20(28)15-10-23-26-16(6-7-22-19(15)26)12-2-1-3-13(8-12)24-21(29)25-14-4-5-17-18(9-14)31-11-30-17/h1-10H,11H2,(H,27,28)(H2,24,25,29). The van der Waals surface area contributed by atoms with E-state index >= 15 is 0 Å². The smallest absolute Gasteiger partial charge is 0.341 e. The maximum absolute atomic E-state index is 12.4. The van der Waals surface area contributed by atoms with Gasteiger partial charge in [0.05, 0.1) is 11.9 Å². The molecule has 2 amide bonds. The Hall–Kier alpha value is -4.60. The van der Waals surface area contributed by atoms with Gasteiger partial charge in [-0.2, -0.15) is 5.10 Å². The number of nitrogens with zero attached hydrogens (tertiary/aromatic N) is 3. The van der Waals surface area contributed by atoms with Gasteiger partial charge in [-0.05, 0) is 30.3 Å². The monoisotopic (exact) mass is 417 g/mol. The molecule has 0 saturated carbocycles. The van der Waals surface area contributed by atoms with Crippen molar-refractivity contribution in [2.75, 3.05) is 17.4 Å². The molecule has 31 heavy (non-hydrogen) atoms. The fraction of sp³-hybridized carbons (Fsp3) is 0.0476. The quantitative estimate of drug-likeness (QED) is 0.464. The highest BCUT2D eigenvalue weighted by molar-refractivity contribution is 6.00. The second-order valence-electron chi connectivity index (χ2n) is 6.66. The summed E-state index contributed by atoms with van der Waals surface area (Å²) in [5.41, 5.74) is 2.73. The Kier molecular flexibility index (Phi) is 4.36. The summed E-state index contributed by atoms with van der Waals surface area (Å²) in [4.78, 5) is 27.9. The van der Waals surface area contributed by atoms with Crippen molar-refractivity contribution in [2.45, 2.75) is 0 Å². The first-order valence-corrected chi connectivity index (χ1v) is 9.22. The molecule has 1 aliphatic heterocycles. The van der Waals surface area contributed by atoms with Crippen LogP contribution in [0.3, 0.4) is 0 Å². The highest BCUT2D eigenvalue weighted by Crippen LogP contribution is 2.34. The lowest BCUT2D eigenvalue weighted by Crippen LogP contribution is -2.19. The number of amides is 2. The summed E-state index contributed by atoms with van der Waals surface area (Å²) in [5, 5.41) is 19.0. The highest BCUT2D eigenvalue weighted by Gasteiger charge is 2.16. The molecular formula is C21H15N5O5. The number of aromatic nitrogens is 3. The molecule has 0 unspecified atom stereocenters. The number of ether oxygens (including phenoxy) is 2. The maximum Gasteiger partial charge on any atom is 0.341 e. The van der Waals surface area contributed by atoms with E-state index in [9.17, 15) is 14.7 Å². The average molecular weight is 417 g/mol. The van der Waals surface area contributed by atoms with Gasteiger partial charge in [0.1, 0.15) is 5.56 Å². The van der Waals surface area contributed by atoms with Gasteiger partial charge in [0, 0.05) is 29.2 Å². The summed E-state index contributed by atoms with van der Waals surface area (Å²) >= 11 is 0. The number of benzene rings is 2. The second kappa shape index (κ2) is 7.34. The summed E-state index contributed by atoms with van der Waals surface area (Å²) in [6.45, 7) is 0.157. The molecule has 3 N–H and O–H groups in total. The van der Waals surface area contributed by atoms with Crippen LogP contribution in [0.15, 0.2) is 60.9 Å². The number of aromatic carboxylic acids is 1. The Morgan fingerprint density at radius 2 is 1.81 bits per heavy atom. The second-order valence-corrected chi connectivity index (χ2v) is 6.66. The van der Waals surface area contributed by atoms with Crippen molar-refractivity contribution in [3.05, 3.63) is 66.5 Å². The molecular weight excluding hydrogens is 402 g/mol. The van der Waals surface area contributed by atoms with Crippen molar-refractivity contribution in [2.24, 2.45) is 0 Å². The van der Waals surface area contributed by atoms with Gasteiger partial charge in [0.15, 0.2) is 17.1 Å². The van der Waals surface area contributed by atoms with Crippen LogP contribution in [0.4, 0.5) is 16.2 Å². The number of anilines is 2. The minimum Gasteiger partial charge on any atom is -0.477 e. The van der Waals surface area contributed by atoms with Crippen LogP contribution in [-0.4, -0.2) is 38.5 Å². The molecule has 5 rings (SSSR count). The highest BCUT2D eigenvalue weighted by atomic mass is 16.7. The number of rotatable bonds is 4. The molecule has 4 aromatic rings. The molecule has 0 bridgehead atoms. The lowest BCUT2D eigenvalue weighted by Gasteiger charge is -2.10. The Labute approximate surface area is 175 Å². The third kappa shape index (κ3) is 3.46. The van der Waals surface area contributed by atoms with Gasteiger partial charge in [-0.25, -0.2) is 19.1 Å². The summed E-state index contributed by atoms with van der Waals surface area (Å²) in [7, 11) is 0. The zero-order valence-electron chi connectivity index (χ0n) is 15.9. The summed E-state index contributed by atoms with van der Waals surface area (Å²) in [6, 6.07) is 13.5. The van der Waals surface area contributed by atoms with Crippen LogP contribution in [0.2, 0.25) is 0 Å². The van der Waals surface area contributed by atoms with Crippen LogP contribution in [0.25, 0.3) is 16.9 Å². The van der Waals surface area contributed by atoms with Crippen molar-refractivity contribution in [1.29, 1.82) is 0 Å². The van der Waals surface area contributed by atoms with Gasteiger partial charge in [0.25, 0.3) is 0 Å². The van der Waals surface area contributed by atoms with Gasteiger partial charge < -0.3 is 25.2 Å². The summed E-state index contributed by atoms with van der Waals surface area (Å²) < 4.78 is 12.0. The van der Waals surface area contributed by atoms with Crippen molar-refractivity contribution in [1.82, 2.24) is 14.6 Å². The third-order valence-electron chi connectivity index (χ3n) is 4.68. The average Bonchev–Trinajstić information content (AvgIpc) is 3.40. The van der Waals surface area contributed by atoms with Crippen LogP contribution in [-0.2, 0) is 0 Å². The predicted molar refractivity (Wildman–Crippen MR) is 111 cm³/mol. The van der Waals surface area contributed by atoms with Crippen LogP contribution in [0.1, 0.15) is 10.4 Å². The van der Waals surface area contributed by atoms with E-state index in [1.54, 1.807) is 42.5 Å². The molecule has 0 atom stereocenters. The van der Waals surface area contributed by atoms with E-state index in [0.717, 1.165) is 5.56 Å². The largest absolute Gasteiger partial charge is 0.477 e.